The number of fused-ring (bicyclic) bond motifs is 1. The number of likely N-dealkylation sites (N-methyl/N-ethyl adjacent to an activating group) is 1. The van der Waals surface area contributed by atoms with Crippen molar-refractivity contribution < 1.29 is 24.6 Å². The van der Waals surface area contributed by atoms with Crippen LogP contribution in [0.15, 0.2) is 43.9 Å². The maximum Gasteiger partial charge on any atom is 0.323 e. The summed E-state index contributed by atoms with van der Waals surface area (Å²) in [5.41, 5.74) is 0.303. The van der Waals surface area contributed by atoms with Crippen LogP contribution in [0.4, 0.5) is 5.69 Å². The highest BCUT2D eigenvalue weighted by Crippen LogP contribution is 2.46. The third-order valence-corrected chi connectivity index (χ3v) is 8.98. The van der Waals surface area contributed by atoms with Crippen molar-refractivity contribution >= 4 is 87.5 Å². The standard InChI is InChI=1S/C22H20N4O6S4/c1-23-12-8-11(34-3)4-5-13(12)35-15(23)7-6-14-19(31)26(10-17(29)30)21(36-14)18-20(32)24(2)22(33)25(18)9-16(27)28/h4-8H,9-10H2,1-3H3,(H,27,28)(H,29,30)/b14-6?,15-7?,21-18+. The van der Waals surface area contributed by atoms with Crippen LogP contribution in [0, 0.1) is 0 Å². The number of allylic oxidation sites excluding steroid dienone is 1. The van der Waals surface area contributed by atoms with E-state index in [4.69, 9.17) is 12.2 Å². The summed E-state index contributed by atoms with van der Waals surface area (Å²) in [6, 6.07) is 6.15. The molecule has 2 aliphatic heterocycles. The summed E-state index contributed by atoms with van der Waals surface area (Å²) in [5.74, 6) is -3.12. The molecule has 1 fully saturated rings. The Morgan fingerprint density at radius 1 is 1.08 bits per heavy atom. The molecule has 14 heteroatoms. The minimum atomic E-state index is -1.28. The van der Waals surface area contributed by atoms with Crippen molar-refractivity contribution in [2.75, 3.05) is 31.8 Å². The number of benzene rings is 1. The number of carbonyl (C=O) groups is 3. The van der Waals surface area contributed by atoms with E-state index < -0.39 is 36.5 Å². The molecule has 2 aliphatic rings. The Hall–Kier alpha value is -3.07. The van der Waals surface area contributed by atoms with Gasteiger partial charge in [0, 0.05) is 23.9 Å². The smallest absolute Gasteiger partial charge is 0.323 e. The van der Waals surface area contributed by atoms with Gasteiger partial charge in [0.15, 0.2) is 5.11 Å². The van der Waals surface area contributed by atoms with E-state index in [1.807, 2.05) is 30.3 Å². The number of thioether (sulfide) groups is 2. The molecule has 1 amide bonds. The number of hydrogen-bond donors (Lipinski definition) is 2. The molecular formula is C22H20N4O6S4. The zero-order valence-electron chi connectivity index (χ0n) is 19.3. The van der Waals surface area contributed by atoms with Crippen molar-refractivity contribution in [1.29, 1.82) is 0 Å². The molecule has 0 radical (unpaired) electrons. The van der Waals surface area contributed by atoms with E-state index in [2.05, 4.69) is 6.07 Å². The maximum absolute atomic E-state index is 13.2. The monoisotopic (exact) mass is 564 g/mol. The van der Waals surface area contributed by atoms with Gasteiger partial charge in [0.2, 0.25) is 0 Å². The lowest BCUT2D eigenvalue weighted by Crippen LogP contribution is -2.38. The first-order valence-corrected chi connectivity index (χ1v) is 13.6. The van der Waals surface area contributed by atoms with Gasteiger partial charge >= 0.3 is 11.9 Å². The SMILES string of the molecule is CSc1ccc2c(c1)N(C)C(=CC=c1s/c(=C3\C(=O)N(C)C(=S)N3CC(=O)O)n(CC(=O)O)c1=O)S2. The maximum atomic E-state index is 13.2. The lowest BCUT2D eigenvalue weighted by molar-refractivity contribution is -0.138. The van der Waals surface area contributed by atoms with Gasteiger partial charge in [-0.05, 0) is 48.8 Å². The molecule has 2 aromatic rings. The van der Waals surface area contributed by atoms with Crippen molar-refractivity contribution in [3.8, 4) is 0 Å². The minimum absolute atomic E-state index is 0.0327. The molecule has 1 aromatic carbocycles. The second-order valence-corrected chi connectivity index (χ2v) is 11.0. The van der Waals surface area contributed by atoms with Gasteiger partial charge in [-0.1, -0.05) is 11.8 Å². The Kier molecular flexibility index (Phi) is 7.31. The van der Waals surface area contributed by atoms with Crippen LogP contribution in [0.1, 0.15) is 0 Å². The number of amides is 1. The van der Waals surface area contributed by atoms with Crippen LogP contribution in [-0.4, -0.2) is 74.4 Å². The highest BCUT2D eigenvalue weighted by Gasteiger charge is 2.38. The highest BCUT2D eigenvalue weighted by atomic mass is 32.2. The highest BCUT2D eigenvalue weighted by molar-refractivity contribution is 8.03. The molecule has 36 heavy (non-hydrogen) atoms. The lowest BCUT2D eigenvalue weighted by atomic mass is 10.3. The Balaban J connectivity index is 1.87. The Labute approximate surface area is 222 Å². The molecule has 0 saturated carbocycles. The molecule has 0 unspecified atom stereocenters. The molecule has 0 atom stereocenters. The number of hydrogen-bond acceptors (Lipinski definition) is 9. The van der Waals surface area contributed by atoms with Crippen LogP contribution in [0.3, 0.4) is 0 Å². The summed E-state index contributed by atoms with van der Waals surface area (Å²) in [5, 5.41) is 19.5. The van der Waals surface area contributed by atoms with Gasteiger partial charge in [0.05, 0.1) is 15.2 Å². The van der Waals surface area contributed by atoms with Crippen LogP contribution in [-0.2, 0) is 20.9 Å². The van der Waals surface area contributed by atoms with Gasteiger partial charge in [-0.3, -0.25) is 33.5 Å². The average molecular weight is 565 g/mol. The normalized spacial score (nSPS) is 18.6. The van der Waals surface area contributed by atoms with Crippen molar-refractivity contribution in [2.45, 2.75) is 16.3 Å². The number of carboxylic acid groups (broad SMARTS) is 2. The summed E-state index contributed by atoms with van der Waals surface area (Å²) in [4.78, 5) is 55.5. The van der Waals surface area contributed by atoms with Gasteiger partial charge in [-0.15, -0.1) is 23.1 Å². The molecule has 0 spiro atoms. The zero-order valence-corrected chi connectivity index (χ0v) is 22.5. The van der Waals surface area contributed by atoms with Crippen molar-refractivity contribution in [3.05, 3.63) is 48.9 Å². The lowest BCUT2D eigenvalue weighted by Gasteiger charge is -2.15. The number of carboxylic acids is 2. The third-order valence-electron chi connectivity index (χ3n) is 5.44. The second-order valence-electron chi connectivity index (χ2n) is 7.70. The zero-order chi connectivity index (χ0) is 26.3. The first-order valence-electron chi connectivity index (χ1n) is 10.3. The van der Waals surface area contributed by atoms with Gasteiger partial charge in [0.1, 0.15) is 23.4 Å². The first-order chi connectivity index (χ1) is 17.0. The number of nitrogens with zero attached hydrogens (tertiary/aromatic N) is 4. The van der Waals surface area contributed by atoms with Crippen LogP contribution in [0.25, 0.3) is 11.8 Å². The molecule has 0 bridgehead atoms. The topological polar surface area (TPSA) is 123 Å². The van der Waals surface area contributed by atoms with E-state index in [9.17, 15) is 29.4 Å². The fourth-order valence-electron chi connectivity index (χ4n) is 3.68. The number of carbonyl (C=O) groups excluding carboxylic acids is 1. The number of rotatable bonds is 6. The summed E-state index contributed by atoms with van der Waals surface area (Å²) in [6.07, 6.45) is 5.34. The Morgan fingerprint density at radius 3 is 2.42 bits per heavy atom. The van der Waals surface area contributed by atoms with E-state index in [1.165, 1.54) is 18.8 Å². The van der Waals surface area contributed by atoms with Crippen molar-refractivity contribution in [3.63, 3.8) is 0 Å². The van der Waals surface area contributed by atoms with Crippen LogP contribution >= 0.6 is 47.1 Å². The molecule has 1 saturated heterocycles. The van der Waals surface area contributed by atoms with Gasteiger partial charge in [-0.25, -0.2) is 0 Å². The van der Waals surface area contributed by atoms with Gasteiger partial charge in [-0.2, -0.15) is 0 Å². The number of aliphatic carboxylic acids is 2. The fourth-order valence-corrected chi connectivity index (χ4v) is 6.48. The van der Waals surface area contributed by atoms with E-state index >= 15 is 0 Å². The van der Waals surface area contributed by atoms with E-state index in [-0.39, 0.29) is 20.0 Å². The number of anilines is 1. The second kappa shape index (κ2) is 10.1. The molecule has 4 rings (SSSR count). The quantitative estimate of drug-likeness (QED) is 0.383. The summed E-state index contributed by atoms with van der Waals surface area (Å²) < 4.78 is 1.20. The predicted octanol–water partition coefficient (Wildman–Crippen LogP) is 0.832. The van der Waals surface area contributed by atoms with Crippen molar-refractivity contribution in [1.82, 2.24) is 14.4 Å². The first kappa shape index (κ1) is 26.0. The van der Waals surface area contributed by atoms with Crippen molar-refractivity contribution in [2.24, 2.45) is 0 Å². The average Bonchev–Trinajstić information content (AvgIpc) is 3.38. The summed E-state index contributed by atoms with van der Waals surface area (Å²) in [7, 11) is 3.31. The van der Waals surface area contributed by atoms with E-state index in [0.717, 1.165) is 46.2 Å². The van der Waals surface area contributed by atoms with Crippen LogP contribution < -0.4 is 19.7 Å². The molecule has 2 N–H and O–H groups in total. The molecular weight excluding hydrogens is 545 g/mol. The van der Waals surface area contributed by atoms with Crippen LogP contribution in [0.5, 0.6) is 0 Å². The number of thiazole rings is 1. The molecule has 0 aliphatic carbocycles. The van der Waals surface area contributed by atoms with Gasteiger partial charge < -0.3 is 15.1 Å². The predicted molar refractivity (Wildman–Crippen MR) is 144 cm³/mol. The number of thiocarbonyl (C=S) groups is 1. The number of aromatic nitrogens is 1. The van der Waals surface area contributed by atoms with E-state index in [0.29, 0.717) is 0 Å². The fraction of sp³-hybridized carbons (Fsp3) is 0.227. The summed E-state index contributed by atoms with van der Waals surface area (Å²) in [6.45, 7) is -1.30. The van der Waals surface area contributed by atoms with Crippen LogP contribution in [0.2, 0.25) is 0 Å². The molecule has 10 nitrogen and oxygen atoms in total. The van der Waals surface area contributed by atoms with Gasteiger partial charge in [0.25, 0.3) is 11.5 Å². The largest absolute Gasteiger partial charge is 0.480 e. The molecule has 188 valence electrons. The minimum Gasteiger partial charge on any atom is -0.480 e. The summed E-state index contributed by atoms with van der Waals surface area (Å²) >= 11 is 9.31. The Morgan fingerprint density at radius 2 is 1.78 bits per heavy atom. The third kappa shape index (κ3) is 4.68. The molecule has 3 heterocycles. The Bertz CT molecular complexity index is 1530. The van der Waals surface area contributed by atoms with E-state index in [1.54, 1.807) is 23.9 Å². The molecule has 1 aromatic heterocycles.